The number of likely N-dealkylation sites (tertiary alicyclic amines) is 1. The molecule has 7 nitrogen and oxygen atoms in total. The van der Waals surface area contributed by atoms with Crippen LogP contribution in [0.4, 0.5) is 0 Å². The lowest BCUT2D eigenvalue weighted by molar-refractivity contribution is 0.0706. The fourth-order valence-corrected chi connectivity index (χ4v) is 3.21. The fraction of sp³-hybridized carbons (Fsp3) is 0.263. The van der Waals surface area contributed by atoms with Crippen molar-refractivity contribution in [3.63, 3.8) is 0 Å². The summed E-state index contributed by atoms with van der Waals surface area (Å²) in [6, 6.07) is 12.8. The van der Waals surface area contributed by atoms with Gasteiger partial charge < -0.3 is 14.2 Å². The van der Waals surface area contributed by atoms with Gasteiger partial charge in [0.15, 0.2) is 0 Å². The zero-order chi connectivity index (χ0) is 17.9. The van der Waals surface area contributed by atoms with E-state index in [0.29, 0.717) is 29.7 Å². The average molecular weight is 350 g/mol. The highest BCUT2D eigenvalue weighted by Gasteiger charge is 2.35. The summed E-state index contributed by atoms with van der Waals surface area (Å²) in [4.78, 5) is 23.4. The molecule has 26 heavy (non-hydrogen) atoms. The van der Waals surface area contributed by atoms with E-state index in [9.17, 15) is 4.79 Å². The Morgan fingerprint density at radius 3 is 2.88 bits per heavy atom. The number of carbonyl (C=O) groups excluding carboxylic acids is 1. The van der Waals surface area contributed by atoms with Crippen LogP contribution in [0.1, 0.15) is 35.1 Å². The molecule has 1 aliphatic rings. The van der Waals surface area contributed by atoms with Crippen molar-refractivity contribution in [2.75, 3.05) is 13.7 Å². The van der Waals surface area contributed by atoms with E-state index in [2.05, 4.69) is 15.1 Å². The zero-order valence-electron chi connectivity index (χ0n) is 14.3. The third-order valence-electron chi connectivity index (χ3n) is 4.47. The molecule has 0 unspecified atom stereocenters. The number of amides is 1. The third kappa shape index (κ3) is 2.92. The van der Waals surface area contributed by atoms with Gasteiger partial charge in [0, 0.05) is 18.3 Å². The van der Waals surface area contributed by atoms with Crippen LogP contribution in [0.25, 0.3) is 11.4 Å². The predicted octanol–water partition coefficient (Wildman–Crippen LogP) is 3.12. The number of benzene rings is 1. The van der Waals surface area contributed by atoms with Crippen LogP contribution in [0.5, 0.6) is 5.88 Å². The molecule has 0 aliphatic carbocycles. The van der Waals surface area contributed by atoms with Crippen molar-refractivity contribution in [3.8, 4) is 17.3 Å². The van der Waals surface area contributed by atoms with Gasteiger partial charge in [-0.3, -0.25) is 4.79 Å². The summed E-state index contributed by atoms with van der Waals surface area (Å²) in [7, 11) is 1.50. The molecule has 4 rings (SSSR count). The minimum absolute atomic E-state index is 0.142. The maximum Gasteiger partial charge on any atom is 0.260 e. The Labute approximate surface area is 150 Å². The first-order chi connectivity index (χ1) is 12.8. The summed E-state index contributed by atoms with van der Waals surface area (Å²) < 4.78 is 10.7. The largest absolute Gasteiger partial charge is 0.480 e. The standard InChI is InChI=1S/C19H18N4O3/c1-25-17-14(9-5-11-20-17)19(24)23-12-6-10-15(23)18-21-16(22-26-18)13-7-3-2-4-8-13/h2-5,7-9,11,15H,6,10,12H2,1H3/t15-/m1/s1. The van der Waals surface area contributed by atoms with Crippen molar-refractivity contribution in [1.82, 2.24) is 20.0 Å². The number of rotatable bonds is 4. The summed E-state index contributed by atoms with van der Waals surface area (Å²) in [5, 5.41) is 4.07. The molecule has 0 saturated carbocycles. The number of nitrogens with zero attached hydrogens (tertiary/aromatic N) is 4. The van der Waals surface area contributed by atoms with E-state index in [1.54, 1.807) is 23.2 Å². The summed E-state index contributed by atoms with van der Waals surface area (Å²) in [5.74, 6) is 1.16. The molecule has 1 atom stereocenters. The Balaban J connectivity index is 1.61. The van der Waals surface area contributed by atoms with Crippen LogP contribution in [0.3, 0.4) is 0 Å². The monoisotopic (exact) mass is 350 g/mol. The quantitative estimate of drug-likeness (QED) is 0.719. The average Bonchev–Trinajstić information content (AvgIpc) is 3.37. The number of hydrogen-bond acceptors (Lipinski definition) is 6. The molecule has 1 fully saturated rings. The van der Waals surface area contributed by atoms with Crippen LogP contribution in [-0.4, -0.2) is 39.6 Å². The molecule has 1 aromatic carbocycles. The van der Waals surface area contributed by atoms with Crippen molar-refractivity contribution >= 4 is 5.91 Å². The topological polar surface area (TPSA) is 81.4 Å². The van der Waals surface area contributed by atoms with E-state index in [1.165, 1.54) is 7.11 Å². The van der Waals surface area contributed by atoms with Crippen LogP contribution < -0.4 is 4.74 Å². The lowest BCUT2D eigenvalue weighted by atomic mass is 10.2. The van der Waals surface area contributed by atoms with Crippen molar-refractivity contribution < 1.29 is 14.1 Å². The van der Waals surface area contributed by atoms with Crippen molar-refractivity contribution in [3.05, 3.63) is 60.1 Å². The van der Waals surface area contributed by atoms with Crippen LogP contribution >= 0.6 is 0 Å². The maximum absolute atomic E-state index is 13.0. The van der Waals surface area contributed by atoms with Gasteiger partial charge in [-0.25, -0.2) is 4.98 Å². The first-order valence-electron chi connectivity index (χ1n) is 8.47. The van der Waals surface area contributed by atoms with Gasteiger partial charge in [-0.15, -0.1) is 0 Å². The fourth-order valence-electron chi connectivity index (χ4n) is 3.21. The van der Waals surface area contributed by atoms with Crippen molar-refractivity contribution in [1.29, 1.82) is 0 Å². The lowest BCUT2D eigenvalue weighted by Crippen LogP contribution is -2.31. The van der Waals surface area contributed by atoms with Gasteiger partial charge >= 0.3 is 0 Å². The minimum Gasteiger partial charge on any atom is -0.480 e. The molecular weight excluding hydrogens is 332 g/mol. The van der Waals surface area contributed by atoms with E-state index in [4.69, 9.17) is 9.26 Å². The third-order valence-corrected chi connectivity index (χ3v) is 4.47. The highest BCUT2D eigenvalue weighted by molar-refractivity contribution is 5.96. The number of ether oxygens (including phenoxy) is 1. The normalized spacial score (nSPS) is 16.7. The Kier molecular flexibility index (Phi) is 4.35. The second-order valence-electron chi connectivity index (χ2n) is 6.04. The molecule has 1 saturated heterocycles. The summed E-state index contributed by atoms with van der Waals surface area (Å²) in [6.45, 7) is 0.630. The lowest BCUT2D eigenvalue weighted by Gasteiger charge is -2.22. The molecule has 0 N–H and O–H groups in total. The van der Waals surface area contributed by atoms with Crippen LogP contribution in [0.2, 0.25) is 0 Å². The molecule has 3 heterocycles. The van der Waals surface area contributed by atoms with Crippen LogP contribution in [0, 0.1) is 0 Å². The molecular formula is C19H18N4O3. The molecule has 1 aliphatic heterocycles. The zero-order valence-corrected chi connectivity index (χ0v) is 14.3. The van der Waals surface area contributed by atoms with E-state index in [-0.39, 0.29) is 11.9 Å². The van der Waals surface area contributed by atoms with Gasteiger partial charge in [0.2, 0.25) is 17.6 Å². The SMILES string of the molecule is COc1ncccc1C(=O)N1CCC[C@@H]1c1nc(-c2ccccc2)no1. The minimum atomic E-state index is -0.239. The maximum atomic E-state index is 13.0. The second-order valence-corrected chi connectivity index (χ2v) is 6.04. The Bertz CT molecular complexity index is 910. The Hall–Kier alpha value is -3.22. The van der Waals surface area contributed by atoms with Gasteiger partial charge in [0.1, 0.15) is 11.6 Å². The van der Waals surface area contributed by atoms with Gasteiger partial charge in [-0.05, 0) is 25.0 Å². The van der Waals surface area contributed by atoms with E-state index in [0.717, 1.165) is 18.4 Å². The molecule has 2 aromatic heterocycles. The van der Waals surface area contributed by atoms with Gasteiger partial charge in [0.05, 0.1) is 7.11 Å². The highest BCUT2D eigenvalue weighted by Crippen LogP contribution is 2.34. The van der Waals surface area contributed by atoms with Gasteiger partial charge in [0.25, 0.3) is 5.91 Å². The first kappa shape index (κ1) is 16.3. The number of pyridine rings is 1. The summed E-state index contributed by atoms with van der Waals surface area (Å²) in [6.07, 6.45) is 3.26. The highest BCUT2D eigenvalue weighted by atomic mass is 16.5. The second kappa shape index (κ2) is 6.95. The van der Waals surface area contributed by atoms with Crippen LogP contribution in [0.15, 0.2) is 53.2 Å². The molecule has 1 amide bonds. The van der Waals surface area contributed by atoms with E-state index >= 15 is 0 Å². The molecule has 0 radical (unpaired) electrons. The van der Waals surface area contributed by atoms with Gasteiger partial charge in [-0.1, -0.05) is 35.5 Å². The number of hydrogen-bond donors (Lipinski definition) is 0. The molecule has 132 valence electrons. The van der Waals surface area contributed by atoms with Crippen LogP contribution in [-0.2, 0) is 0 Å². The molecule has 7 heteroatoms. The van der Waals surface area contributed by atoms with Gasteiger partial charge in [-0.2, -0.15) is 4.98 Å². The van der Waals surface area contributed by atoms with Crippen molar-refractivity contribution in [2.24, 2.45) is 0 Å². The first-order valence-corrected chi connectivity index (χ1v) is 8.47. The number of carbonyl (C=O) groups is 1. The van der Waals surface area contributed by atoms with Crippen molar-refractivity contribution in [2.45, 2.75) is 18.9 Å². The van der Waals surface area contributed by atoms with E-state index < -0.39 is 0 Å². The Morgan fingerprint density at radius 1 is 1.23 bits per heavy atom. The van der Waals surface area contributed by atoms with E-state index in [1.807, 2.05) is 30.3 Å². The number of aromatic nitrogens is 3. The smallest absolute Gasteiger partial charge is 0.260 e. The number of methoxy groups -OCH3 is 1. The Morgan fingerprint density at radius 2 is 2.08 bits per heavy atom. The molecule has 0 bridgehead atoms. The molecule has 0 spiro atoms. The predicted molar refractivity (Wildman–Crippen MR) is 93.5 cm³/mol. The summed E-state index contributed by atoms with van der Waals surface area (Å²) >= 11 is 0. The summed E-state index contributed by atoms with van der Waals surface area (Å²) in [5.41, 5.74) is 1.32. The molecule has 3 aromatic rings.